The van der Waals surface area contributed by atoms with Crippen molar-refractivity contribution in [2.24, 2.45) is 11.8 Å². The van der Waals surface area contributed by atoms with Crippen LogP contribution in [0.2, 0.25) is 0 Å². The van der Waals surface area contributed by atoms with Gasteiger partial charge >= 0.3 is 11.9 Å². The third-order valence-electron chi connectivity index (χ3n) is 2.61. The number of carbonyl (C=O) groups is 2. The molecule has 1 aliphatic carbocycles. The van der Waals surface area contributed by atoms with Crippen LogP contribution in [-0.2, 0) is 19.1 Å². The number of hydrogen-bond donors (Lipinski definition) is 0. The maximum absolute atomic E-state index is 11.1. The molecule has 4 nitrogen and oxygen atoms in total. The summed E-state index contributed by atoms with van der Waals surface area (Å²) in [6.45, 7) is 0. The molecule has 2 aliphatic rings. The van der Waals surface area contributed by atoms with Gasteiger partial charge in [0.05, 0.1) is 18.9 Å². The molecular weight excluding hydrogens is 160 g/mol. The molecule has 4 heteroatoms. The summed E-state index contributed by atoms with van der Waals surface area (Å²) in [6, 6.07) is 0. The number of carbonyl (C=O) groups excluding carboxylic acids is 2. The predicted octanol–water partition coefficient (Wildman–Crippen LogP) is 0.111. The molecule has 1 saturated carbocycles. The van der Waals surface area contributed by atoms with E-state index in [1.165, 1.54) is 7.11 Å². The molecule has 2 rings (SSSR count). The fraction of sp³-hybridized carbons (Fsp3) is 0.750. The molecule has 66 valence electrons. The second kappa shape index (κ2) is 2.47. The van der Waals surface area contributed by atoms with Crippen molar-refractivity contribution in [2.75, 3.05) is 7.11 Å². The molecule has 0 amide bonds. The fourth-order valence-corrected chi connectivity index (χ4v) is 2.01. The van der Waals surface area contributed by atoms with E-state index in [0.717, 1.165) is 0 Å². The van der Waals surface area contributed by atoms with Gasteiger partial charge in [0, 0.05) is 0 Å². The first-order valence-electron chi connectivity index (χ1n) is 4.00. The zero-order valence-electron chi connectivity index (χ0n) is 6.78. The molecule has 1 heterocycles. The molecule has 0 N–H and O–H groups in total. The van der Waals surface area contributed by atoms with Gasteiger partial charge < -0.3 is 9.47 Å². The molecule has 0 aromatic rings. The lowest BCUT2D eigenvalue weighted by Gasteiger charge is -2.17. The first-order valence-corrected chi connectivity index (χ1v) is 4.00. The number of esters is 2. The van der Waals surface area contributed by atoms with Gasteiger partial charge in [-0.15, -0.1) is 0 Å². The molecule has 2 bridgehead atoms. The SMILES string of the molecule is COC(=O)C1CC2CC1C(=O)O2. The Morgan fingerprint density at radius 2 is 2.33 bits per heavy atom. The quantitative estimate of drug-likeness (QED) is 0.524. The van der Waals surface area contributed by atoms with Crippen molar-refractivity contribution in [1.82, 2.24) is 0 Å². The maximum Gasteiger partial charge on any atom is 0.310 e. The normalized spacial score (nSPS) is 38.1. The zero-order chi connectivity index (χ0) is 8.72. The van der Waals surface area contributed by atoms with E-state index >= 15 is 0 Å². The first kappa shape index (κ1) is 7.58. The van der Waals surface area contributed by atoms with Gasteiger partial charge in [0.1, 0.15) is 6.10 Å². The van der Waals surface area contributed by atoms with Crippen molar-refractivity contribution in [3.8, 4) is 0 Å². The van der Waals surface area contributed by atoms with Gasteiger partial charge in [-0.2, -0.15) is 0 Å². The van der Waals surface area contributed by atoms with Crippen LogP contribution in [0.5, 0.6) is 0 Å². The standard InChI is InChI=1S/C8H10O4/c1-11-7(9)5-2-4-3-6(5)8(10)12-4/h4-6H,2-3H2,1H3. The van der Waals surface area contributed by atoms with E-state index < -0.39 is 0 Å². The fourth-order valence-electron chi connectivity index (χ4n) is 2.01. The Balaban J connectivity index is 2.12. The minimum absolute atomic E-state index is 0.0356. The second-order valence-electron chi connectivity index (χ2n) is 3.27. The number of ether oxygens (including phenoxy) is 2. The maximum atomic E-state index is 11.1. The van der Waals surface area contributed by atoms with E-state index in [-0.39, 0.29) is 29.9 Å². The monoisotopic (exact) mass is 170 g/mol. The lowest BCUT2D eigenvalue weighted by Crippen LogP contribution is -2.29. The molecular formula is C8H10O4. The Labute approximate surface area is 69.8 Å². The molecule has 12 heavy (non-hydrogen) atoms. The topological polar surface area (TPSA) is 52.6 Å². The number of hydrogen-bond acceptors (Lipinski definition) is 4. The van der Waals surface area contributed by atoms with Crippen molar-refractivity contribution in [2.45, 2.75) is 18.9 Å². The molecule has 3 unspecified atom stereocenters. The van der Waals surface area contributed by atoms with Crippen LogP contribution in [0.15, 0.2) is 0 Å². The van der Waals surface area contributed by atoms with Crippen LogP contribution in [0.1, 0.15) is 12.8 Å². The smallest absolute Gasteiger partial charge is 0.310 e. The van der Waals surface area contributed by atoms with Gasteiger partial charge in [-0.05, 0) is 12.8 Å². The van der Waals surface area contributed by atoms with Crippen LogP contribution in [-0.4, -0.2) is 25.2 Å². The predicted molar refractivity (Wildman–Crippen MR) is 38.1 cm³/mol. The van der Waals surface area contributed by atoms with E-state index in [9.17, 15) is 9.59 Å². The molecule has 0 aromatic carbocycles. The summed E-state index contributed by atoms with van der Waals surface area (Å²) in [7, 11) is 1.35. The van der Waals surface area contributed by atoms with Crippen LogP contribution >= 0.6 is 0 Å². The number of rotatable bonds is 1. The Morgan fingerprint density at radius 1 is 1.58 bits per heavy atom. The molecule has 0 aromatic heterocycles. The van der Waals surface area contributed by atoms with E-state index in [0.29, 0.717) is 12.8 Å². The highest BCUT2D eigenvalue weighted by Gasteiger charge is 2.51. The summed E-state index contributed by atoms with van der Waals surface area (Å²) < 4.78 is 9.53. The van der Waals surface area contributed by atoms with Crippen molar-refractivity contribution < 1.29 is 19.1 Å². The van der Waals surface area contributed by atoms with E-state index in [2.05, 4.69) is 4.74 Å². The van der Waals surface area contributed by atoms with Crippen LogP contribution in [0.25, 0.3) is 0 Å². The average Bonchev–Trinajstić information content (AvgIpc) is 2.60. The number of methoxy groups -OCH3 is 1. The summed E-state index contributed by atoms with van der Waals surface area (Å²) >= 11 is 0. The highest BCUT2D eigenvalue weighted by atomic mass is 16.6. The minimum atomic E-state index is -0.279. The third-order valence-corrected chi connectivity index (χ3v) is 2.61. The second-order valence-corrected chi connectivity index (χ2v) is 3.27. The van der Waals surface area contributed by atoms with Crippen molar-refractivity contribution >= 4 is 11.9 Å². The highest BCUT2D eigenvalue weighted by molar-refractivity contribution is 5.85. The first-order chi connectivity index (χ1) is 5.72. The van der Waals surface area contributed by atoms with Crippen molar-refractivity contribution in [3.05, 3.63) is 0 Å². The average molecular weight is 170 g/mol. The van der Waals surface area contributed by atoms with Gasteiger partial charge in [-0.1, -0.05) is 0 Å². The van der Waals surface area contributed by atoms with E-state index in [1.807, 2.05) is 0 Å². The van der Waals surface area contributed by atoms with Gasteiger partial charge in [0.25, 0.3) is 0 Å². The van der Waals surface area contributed by atoms with Gasteiger partial charge in [-0.25, -0.2) is 0 Å². The third kappa shape index (κ3) is 0.906. The molecule has 1 aliphatic heterocycles. The van der Waals surface area contributed by atoms with E-state index in [1.54, 1.807) is 0 Å². The van der Waals surface area contributed by atoms with Gasteiger partial charge in [0.2, 0.25) is 0 Å². The Morgan fingerprint density at radius 3 is 2.83 bits per heavy atom. The van der Waals surface area contributed by atoms with Crippen LogP contribution in [0.4, 0.5) is 0 Å². The number of fused-ring (bicyclic) bond motifs is 2. The van der Waals surface area contributed by atoms with Gasteiger partial charge in [-0.3, -0.25) is 9.59 Å². The van der Waals surface area contributed by atoms with Crippen molar-refractivity contribution in [3.63, 3.8) is 0 Å². The molecule has 0 radical (unpaired) electrons. The summed E-state index contributed by atoms with van der Waals surface area (Å²) in [6.07, 6.45) is 1.30. The Bertz CT molecular complexity index is 235. The van der Waals surface area contributed by atoms with Crippen molar-refractivity contribution in [1.29, 1.82) is 0 Å². The zero-order valence-corrected chi connectivity index (χ0v) is 6.78. The minimum Gasteiger partial charge on any atom is -0.469 e. The van der Waals surface area contributed by atoms with E-state index in [4.69, 9.17) is 4.74 Å². The summed E-state index contributed by atoms with van der Waals surface area (Å²) in [4.78, 5) is 22.2. The molecule has 0 spiro atoms. The molecule has 1 saturated heterocycles. The lowest BCUT2D eigenvalue weighted by atomic mass is 9.96. The van der Waals surface area contributed by atoms with Crippen LogP contribution in [0, 0.1) is 11.8 Å². The highest BCUT2D eigenvalue weighted by Crippen LogP contribution is 2.41. The van der Waals surface area contributed by atoms with Gasteiger partial charge in [0.15, 0.2) is 0 Å². The summed E-state index contributed by atoms with van der Waals surface area (Å²) in [5.41, 5.74) is 0. The van der Waals surface area contributed by atoms with Crippen LogP contribution in [0.3, 0.4) is 0 Å². The Hall–Kier alpha value is -1.06. The largest absolute Gasteiger partial charge is 0.469 e. The molecule has 3 atom stereocenters. The molecule has 2 fully saturated rings. The van der Waals surface area contributed by atoms with Crippen LogP contribution < -0.4 is 0 Å². The lowest BCUT2D eigenvalue weighted by molar-refractivity contribution is -0.160. The Kier molecular flexibility index (Phi) is 1.56. The summed E-state index contributed by atoms with van der Waals surface area (Å²) in [5.74, 6) is -0.996. The summed E-state index contributed by atoms with van der Waals surface area (Å²) in [5, 5.41) is 0.